The van der Waals surface area contributed by atoms with Gasteiger partial charge >= 0.3 is 0 Å². The smallest absolute Gasteiger partial charge is 0.269 e. The lowest BCUT2D eigenvalue weighted by molar-refractivity contribution is -0.384. The van der Waals surface area contributed by atoms with Crippen LogP contribution in [0, 0.1) is 17.0 Å². The van der Waals surface area contributed by atoms with Gasteiger partial charge in [-0.15, -0.1) is 0 Å². The Labute approximate surface area is 154 Å². The van der Waals surface area contributed by atoms with E-state index in [1.165, 1.54) is 12.1 Å². The molecule has 6 heteroatoms. The summed E-state index contributed by atoms with van der Waals surface area (Å²) >= 11 is 1.55. The molecule has 0 aliphatic carbocycles. The monoisotopic (exact) mass is 361 g/mol. The number of aryl methyl sites for hydroxylation is 1. The molecule has 0 radical (unpaired) electrons. The van der Waals surface area contributed by atoms with Crippen LogP contribution in [-0.4, -0.2) is 14.3 Å². The van der Waals surface area contributed by atoms with Crippen LogP contribution in [0.1, 0.15) is 5.56 Å². The Kier molecular flexibility index (Phi) is 4.18. The number of nitrogens with zero attached hydrogens (tertiary/aromatic N) is 3. The van der Waals surface area contributed by atoms with E-state index in [9.17, 15) is 10.1 Å². The number of nitro groups is 1. The van der Waals surface area contributed by atoms with Crippen LogP contribution in [-0.2, 0) is 0 Å². The van der Waals surface area contributed by atoms with Gasteiger partial charge in [-0.25, -0.2) is 4.98 Å². The van der Waals surface area contributed by atoms with Crippen molar-refractivity contribution >= 4 is 23.1 Å². The molecule has 0 saturated carbocycles. The zero-order valence-electron chi connectivity index (χ0n) is 14.0. The third-order valence-electron chi connectivity index (χ3n) is 4.03. The summed E-state index contributed by atoms with van der Waals surface area (Å²) in [5.41, 5.74) is 4.04. The van der Waals surface area contributed by atoms with Crippen LogP contribution < -0.4 is 0 Å². The average Bonchev–Trinajstić information content (AvgIpc) is 3.01. The Balaban J connectivity index is 1.84. The van der Waals surface area contributed by atoms with Crippen molar-refractivity contribution < 1.29 is 4.92 Å². The molecule has 0 fully saturated rings. The first-order chi connectivity index (χ1) is 12.6. The summed E-state index contributed by atoms with van der Waals surface area (Å²) in [6, 6.07) is 20.7. The van der Waals surface area contributed by atoms with Crippen molar-refractivity contribution in [1.82, 2.24) is 9.38 Å². The summed E-state index contributed by atoms with van der Waals surface area (Å²) in [6.45, 7) is 2.04. The SMILES string of the molecule is Cc1ccc2nc(-c3ccccc3)c(Sc3ccc([N+](=O)[O-])cc3)n2c1. The van der Waals surface area contributed by atoms with Crippen molar-refractivity contribution in [2.24, 2.45) is 0 Å². The zero-order chi connectivity index (χ0) is 18.1. The predicted molar refractivity (Wildman–Crippen MR) is 103 cm³/mol. The van der Waals surface area contributed by atoms with Crippen molar-refractivity contribution in [1.29, 1.82) is 0 Å². The summed E-state index contributed by atoms with van der Waals surface area (Å²) in [5.74, 6) is 0. The highest BCUT2D eigenvalue weighted by Gasteiger charge is 2.16. The number of pyridine rings is 1. The van der Waals surface area contributed by atoms with E-state index in [0.29, 0.717) is 0 Å². The first kappa shape index (κ1) is 16.4. The molecule has 0 bridgehead atoms. The third-order valence-corrected chi connectivity index (χ3v) is 5.12. The molecule has 0 aliphatic heterocycles. The quantitative estimate of drug-likeness (QED) is 0.362. The van der Waals surface area contributed by atoms with E-state index in [4.69, 9.17) is 4.98 Å². The third kappa shape index (κ3) is 3.07. The van der Waals surface area contributed by atoms with Crippen LogP contribution in [0.15, 0.2) is 82.8 Å². The van der Waals surface area contributed by atoms with E-state index in [2.05, 4.69) is 10.6 Å². The van der Waals surface area contributed by atoms with Crippen LogP contribution in [0.3, 0.4) is 0 Å². The summed E-state index contributed by atoms with van der Waals surface area (Å²) in [7, 11) is 0. The van der Waals surface area contributed by atoms with Gasteiger partial charge in [-0.05, 0) is 30.7 Å². The minimum atomic E-state index is -0.387. The van der Waals surface area contributed by atoms with E-state index < -0.39 is 0 Å². The molecule has 0 aliphatic rings. The van der Waals surface area contributed by atoms with E-state index in [-0.39, 0.29) is 10.6 Å². The number of hydrogen-bond acceptors (Lipinski definition) is 4. The van der Waals surface area contributed by atoms with Gasteiger partial charge in [0.05, 0.1) is 4.92 Å². The first-order valence-corrected chi connectivity index (χ1v) is 8.90. The molecule has 4 rings (SSSR count). The van der Waals surface area contributed by atoms with Crippen LogP contribution in [0.4, 0.5) is 5.69 Å². The van der Waals surface area contributed by atoms with Crippen molar-refractivity contribution in [3.63, 3.8) is 0 Å². The summed E-state index contributed by atoms with van der Waals surface area (Å²) in [5, 5.41) is 11.9. The molecule has 2 aromatic heterocycles. The molecule has 0 spiro atoms. The fraction of sp³-hybridized carbons (Fsp3) is 0.0500. The molecule has 26 heavy (non-hydrogen) atoms. The van der Waals surface area contributed by atoms with Gasteiger partial charge in [-0.1, -0.05) is 48.2 Å². The number of aromatic nitrogens is 2. The molecule has 0 N–H and O–H groups in total. The summed E-state index contributed by atoms with van der Waals surface area (Å²) < 4.78 is 2.07. The molecule has 2 aromatic carbocycles. The second kappa shape index (κ2) is 6.65. The fourth-order valence-electron chi connectivity index (χ4n) is 2.76. The molecule has 0 amide bonds. The number of fused-ring (bicyclic) bond motifs is 1. The van der Waals surface area contributed by atoms with Crippen LogP contribution >= 0.6 is 11.8 Å². The van der Waals surface area contributed by atoms with Crippen molar-refractivity contribution in [3.8, 4) is 11.3 Å². The van der Waals surface area contributed by atoms with Gasteiger partial charge in [0.1, 0.15) is 16.4 Å². The minimum absolute atomic E-state index is 0.0895. The zero-order valence-corrected chi connectivity index (χ0v) is 14.8. The topological polar surface area (TPSA) is 60.4 Å². The maximum absolute atomic E-state index is 10.9. The van der Waals surface area contributed by atoms with Gasteiger partial charge in [-0.2, -0.15) is 0 Å². The Bertz CT molecular complexity index is 1090. The Morgan fingerprint density at radius 2 is 1.73 bits per heavy atom. The number of nitro benzene ring substituents is 1. The van der Waals surface area contributed by atoms with Gasteiger partial charge in [0.15, 0.2) is 0 Å². The maximum Gasteiger partial charge on any atom is 0.269 e. The van der Waals surface area contributed by atoms with Crippen LogP contribution in [0.25, 0.3) is 16.9 Å². The lowest BCUT2D eigenvalue weighted by Crippen LogP contribution is -1.90. The maximum atomic E-state index is 10.9. The molecule has 0 saturated heterocycles. The second-order valence-corrected chi connectivity index (χ2v) is 6.98. The molecule has 5 nitrogen and oxygen atoms in total. The van der Waals surface area contributed by atoms with Gasteiger partial charge in [0.2, 0.25) is 0 Å². The highest BCUT2D eigenvalue weighted by atomic mass is 32.2. The number of hydrogen-bond donors (Lipinski definition) is 0. The predicted octanol–water partition coefficient (Wildman–Crippen LogP) is 5.37. The lowest BCUT2D eigenvalue weighted by atomic mass is 10.2. The normalized spacial score (nSPS) is 11.0. The van der Waals surface area contributed by atoms with Crippen molar-refractivity contribution in [3.05, 3.63) is 88.6 Å². The van der Waals surface area contributed by atoms with Crippen molar-refractivity contribution in [2.45, 2.75) is 16.8 Å². The Hall–Kier alpha value is -3.12. The molecular formula is C20H15N3O2S. The van der Waals surface area contributed by atoms with Gasteiger partial charge in [0, 0.05) is 28.8 Å². The van der Waals surface area contributed by atoms with Crippen LogP contribution in [0.2, 0.25) is 0 Å². The minimum Gasteiger partial charge on any atom is -0.294 e. The molecular weight excluding hydrogens is 346 g/mol. The summed E-state index contributed by atoms with van der Waals surface area (Å²) in [6.07, 6.45) is 2.06. The number of benzene rings is 2. The summed E-state index contributed by atoms with van der Waals surface area (Å²) in [4.78, 5) is 16.2. The van der Waals surface area contributed by atoms with E-state index >= 15 is 0 Å². The molecule has 2 heterocycles. The van der Waals surface area contributed by atoms with E-state index in [0.717, 1.165) is 32.4 Å². The highest BCUT2D eigenvalue weighted by Crippen LogP contribution is 2.37. The Morgan fingerprint density at radius 3 is 2.42 bits per heavy atom. The largest absolute Gasteiger partial charge is 0.294 e. The van der Waals surface area contributed by atoms with Gasteiger partial charge in [-0.3, -0.25) is 14.5 Å². The standard InChI is InChI=1S/C20H15N3O2S/c1-14-7-12-18-21-19(15-5-3-2-4-6-15)20(22(18)13-14)26-17-10-8-16(9-11-17)23(24)25/h2-13H,1H3. The van der Waals surface area contributed by atoms with Gasteiger partial charge in [0.25, 0.3) is 5.69 Å². The Morgan fingerprint density at radius 1 is 1.00 bits per heavy atom. The van der Waals surface area contributed by atoms with Crippen LogP contribution in [0.5, 0.6) is 0 Å². The first-order valence-electron chi connectivity index (χ1n) is 8.08. The fourth-order valence-corrected chi connectivity index (χ4v) is 3.76. The average molecular weight is 361 g/mol. The molecule has 0 unspecified atom stereocenters. The van der Waals surface area contributed by atoms with Gasteiger partial charge < -0.3 is 0 Å². The molecule has 128 valence electrons. The number of imidazole rings is 1. The molecule has 0 atom stereocenters. The highest BCUT2D eigenvalue weighted by molar-refractivity contribution is 7.99. The second-order valence-electron chi connectivity index (χ2n) is 5.92. The molecule has 4 aromatic rings. The van der Waals surface area contributed by atoms with Crippen molar-refractivity contribution in [2.75, 3.05) is 0 Å². The lowest BCUT2D eigenvalue weighted by Gasteiger charge is -2.06. The number of non-ortho nitro benzene ring substituents is 1. The van der Waals surface area contributed by atoms with E-state index in [1.54, 1.807) is 23.9 Å². The van der Waals surface area contributed by atoms with E-state index in [1.807, 2.05) is 49.4 Å². The number of rotatable bonds is 4.